The second-order valence-electron chi connectivity index (χ2n) is 2.09. The van der Waals surface area contributed by atoms with Crippen molar-refractivity contribution in [2.24, 2.45) is 0 Å². The highest BCUT2D eigenvalue weighted by Crippen LogP contribution is 2.18. The minimum Gasteiger partial charge on any atom is -0.478 e. The molecule has 0 radical (unpaired) electrons. The number of pyridine rings is 1. The van der Waals surface area contributed by atoms with Gasteiger partial charge in [-0.2, -0.15) is 0 Å². The maximum absolute atomic E-state index is 10.4. The highest BCUT2D eigenvalue weighted by atomic mass is 35.5. The maximum Gasteiger partial charge on any atom is 0.339 e. The smallest absolute Gasteiger partial charge is 0.339 e. The summed E-state index contributed by atoms with van der Waals surface area (Å²) < 4.78 is 0. The number of carboxylic acid groups (broad SMARTS) is 1. The first-order valence-electron chi connectivity index (χ1n) is 4.05. The molecule has 0 amide bonds. The third-order valence-electron chi connectivity index (χ3n) is 1.27. The lowest BCUT2D eigenvalue weighted by atomic mass is 10.3. The van der Waals surface area contributed by atoms with Crippen LogP contribution in [0.2, 0.25) is 5.15 Å². The lowest BCUT2D eigenvalue weighted by molar-refractivity contribution is -0.385. The van der Waals surface area contributed by atoms with Crippen LogP contribution >= 0.6 is 11.6 Å². The molecule has 0 saturated carbocycles. The van der Waals surface area contributed by atoms with E-state index in [1.54, 1.807) is 0 Å². The predicted octanol–water partition coefficient (Wildman–Crippen LogP) is 2.37. The van der Waals surface area contributed by atoms with Gasteiger partial charge in [0.15, 0.2) is 0 Å². The largest absolute Gasteiger partial charge is 0.478 e. The Morgan fingerprint density at radius 2 is 2.13 bits per heavy atom. The van der Waals surface area contributed by atoms with E-state index >= 15 is 0 Å². The minimum atomic E-state index is -1.35. The first-order chi connectivity index (χ1) is 7.02. The third-order valence-corrected chi connectivity index (χ3v) is 1.57. The van der Waals surface area contributed by atoms with E-state index in [2.05, 4.69) is 4.98 Å². The fourth-order valence-corrected chi connectivity index (χ4v) is 0.871. The van der Waals surface area contributed by atoms with Crippen molar-refractivity contribution in [3.63, 3.8) is 0 Å². The van der Waals surface area contributed by atoms with Crippen LogP contribution in [0.25, 0.3) is 0 Å². The zero-order chi connectivity index (χ0) is 12.0. The summed E-state index contributed by atoms with van der Waals surface area (Å²) in [5, 5.41) is 18.5. The fraction of sp³-hybridized carbons (Fsp3) is 0.250. The van der Waals surface area contributed by atoms with Crippen molar-refractivity contribution in [3.8, 4) is 0 Å². The van der Waals surface area contributed by atoms with E-state index in [4.69, 9.17) is 16.7 Å². The molecule has 0 aliphatic carbocycles. The average Bonchev–Trinajstić information content (AvgIpc) is 2.20. The van der Waals surface area contributed by atoms with Gasteiger partial charge in [-0.3, -0.25) is 10.1 Å². The van der Waals surface area contributed by atoms with E-state index in [0.717, 1.165) is 12.3 Å². The Balaban J connectivity index is 0.000000921. The molecular formula is C8H9ClN2O4. The summed E-state index contributed by atoms with van der Waals surface area (Å²) >= 11 is 5.38. The fourth-order valence-electron chi connectivity index (χ4n) is 0.687. The number of carboxylic acids is 1. The van der Waals surface area contributed by atoms with E-state index in [-0.39, 0.29) is 10.7 Å². The number of rotatable bonds is 2. The Hall–Kier alpha value is -1.69. The van der Waals surface area contributed by atoms with Gasteiger partial charge in [0.25, 0.3) is 5.69 Å². The molecule has 0 saturated heterocycles. The monoisotopic (exact) mass is 232 g/mol. The molecule has 1 rings (SSSR count). The number of hydrogen-bond donors (Lipinski definition) is 1. The number of aromatic carboxylic acids is 1. The zero-order valence-electron chi connectivity index (χ0n) is 8.10. The molecule has 7 heteroatoms. The van der Waals surface area contributed by atoms with E-state index in [9.17, 15) is 14.9 Å². The quantitative estimate of drug-likeness (QED) is 0.480. The second kappa shape index (κ2) is 5.92. The van der Waals surface area contributed by atoms with E-state index in [0.29, 0.717) is 0 Å². The van der Waals surface area contributed by atoms with Crippen molar-refractivity contribution in [2.75, 3.05) is 0 Å². The van der Waals surface area contributed by atoms with Gasteiger partial charge in [0.2, 0.25) is 0 Å². The molecule has 1 N–H and O–H groups in total. The van der Waals surface area contributed by atoms with Gasteiger partial charge < -0.3 is 5.11 Å². The Morgan fingerprint density at radius 1 is 1.60 bits per heavy atom. The molecule has 0 aromatic carbocycles. The molecule has 0 aliphatic rings. The van der Waals surface area contributed by atoms with Crippen molar-refractivity contribution in [1.29, 1.82) is 0 Å². The van der Waals surface area contributed by atoms with Crippen molar-refractivity contribution < 1.29 is 14.8 Å². The van der Waals surface area contributed by atoms with Crippen LogP contribution < -0.4 is 0 Å². The highest BCUT2D eigenvalue weighted by molar-refractivity contribution is 6.32. The van der Waals surface area contributed by atoms with Crippen molar-refractivity contribution in [3.05, 3.63) is 33.1 Å². The van der Waals surface area contributed by atoms with Gasteiger partial charge in [-0.15, -0.1) is 0 Å². The number of nitrogens with zero attached hydrogens (tertiary/aromatic N) is 2. The van der Waals surface area contributed by atoms with Crippen molar-refractivity contribution >= 4 is 23.3 Å². The van der Waals surface area contributed by atoms with Crippen LogP contribution in [0.15, 0.2) is 12.3 Å². The normalized spacial score (nSPS) is 8.73. The summed E-state index contributed by atoms with van der Waals surface area (Å²) in [5.74, 6) is -1.35. The number of nitro groups is 1. The van der Waals surface area contributed by atoms with E-state index in [1.165, 1.54) is 0 Å². The first kappa shape index (κ1) is 13.3. The van der Waals surface area contributed by atoms with Crippen LogP contribution in [-0.4, -0.2) is 21.0 Å². The molecule has 1 aromatic rings. The van der Waals surface area contributed by atoms with Crippen LogP contribution in [0.1, 0.15) is 24.2 Å². The minimum absolute atomic E-state index is 0.266. The maximum atomic E-state index is 10.4. The van der Waals surface area contributed by atoms with Crippen LogP contribution in [0.3, 0.4) is 0 Å². The molecule has 82 valence electrons. The summed E-state index contributed by atoms with van der Waals surface area (Å²) in [7, 11) is 0. The van der Waals surface area contributed by atoms with E-state index in [1.807, 2.05) is 13.8 Å². The molecule has 15 heavy (non-hydrogen) atoms. The second-order valence-corrected chi connectivity index (χ2v) is 2.45. The Bertz CT molecular complexity index is 381. The molecule has 0 aliphatic heterocycles. The molecular weight excluding hydrogens is 224 g/mol. The van der Waals surface area contributed by atoms with Crippen molar-refractivity contribution in [1.82, 2.24) is 4.98 Å². The Labute approximate surface area is 90.7 Å². The van der Waals surface area contributed by atoms with Crippen LogP contribution in [0.4, 0.5) is 5.69 Å². The molecule has 0 bridgehead atoms. The standard InChI is InChI=1S/C6H3ClN2O4.C2H6/c7-5-4(6(10)11)1-3(2-8-5)9(12)13;1-2/h1-2H,(H,10,11);1-2H3. The Kier molecular flexibility index (Phi) is 5.25. The lowest BCUT2D eigenvalue weighted by Gasteiger charge is -1.96. The molecule has 0 unspecified atom stereocenters. The predicted molar refractivity (Wildman–Crippen MR) is 54.2 cm³/mol. The summed E-state index contributed by atoms with van der Waals surface area (Å²) in [6.45, 7) is 4.00. The van der Waals surface area contributed by atoms with Gasteiger partial charge in [-0.25, -0.2) is 9.78 Å². The molecule has 0 atom stereocenters. The number of aromatic nitrogens is 1. The molecule has 6 nitrogen and oxygen atoms in total. The van der Waals surface area contributed by atoms with Gasteiger partial charge in [0, 0.05) is 6.07 Å². The van der Waals surface area contributed by atoms with Gasteiger partial charge in [-0.1, -0.05) is 25.4 Å². The van der Waals surface area contributed by atoms with Gasteiger partial charge in [-0.05, 0) is 0 Å². The van der Waals surface area contributed by atoms with E-state index < -0.39 is 16.6 Å². The third kappa shape index (κ3) is 3.51. The first-order valence-corrected chi connectivity index (χ1v) is 4.43. The van der Waals surface area contributed by atoms with Crippen LogP contribution in [0.5, 0.6) is 0 Å². The van der Waals surface area contributed by atoms with Crippen molar-refractivity contribution in [2.45, 2.75) is 13.8 Å². The number of hydrogen-bond acceptors (Lipinski definition) is 4. The number of halogens is 1. The van der Waals surface area contributed by atoms with Gasteiger partial charge in [0.1, 0.15) is 16.9 Å². The van der Waals surface area contributed by atoms with Gasteiger partial charge in [0.05, 0.1) is 4.92 Å². The summed E-state index contributed by atoms with van der Waals surface area (Å²) in [4.78, 5) is 23.3. The summed E-state index contributed by atoms with van der Waals surface area (Å²) in [5.41, 5.74) is -0.780. The average molecular weight is 233 g/mol. The molecule has 1 heterocycles. The Morgan fingerprint density at radius 3 is 2.53 bits per heavy atom. The van der Waals surface area contributed by atoms with Gasteiger partial charge >= 0.3 is 5.97 Å². The number of carbonyl (C=O) groups is 1. The van der Waals surface area contributed by atoms with Crippen LogP contribution in [-0.2, 0) is 0 Å². The molecule has 1 aromatic heterocycles. The SMILES string of the molecule is CC.O=C(O)c1cc([N+](=O)[O-])cnc1Cl. The highest BCUT2D eigenvalue weighted by Gasteiger charge is 2.15. The molecule has 0 fully saturated rings. The lowest BCUT2D eigenvalue weighted by Crippen LogP contribution is -2.00. The molecule has 0 spiro atoms. The summed E-state index contributed by atoms with van der Waals surface area (Å²) in [6, 6.07) is 0.859. The topological polar surface area (TPSA) is 93.3 Å². The van der Waals surface area contributed by atoms with Crippen LogP contribution in [0, 0.1) is 10.1 Å². The zero-order valence-corrected chi connectivity index (χ0v) is 8.85. The summed E-state index contributed by atoms with van der Waals surface area (Å²) in [6.07, 6.45) is 0.898.